The molecule has 89 heavy (non-hydrogen) atoms. The lowest BCUT2D eigenvalue weighted by atomic mass is 10.0. The van der Waals surface area contributed by atoms with Crippen molar-refractivity contribution in [2.24, 2.45) is 11.8 Å². The van der Waals surface area contributed by atoms with Crippen molar-refractivity contribution in [3.05, 3.63) is 0 Å². The van der Waals surface area contributed by atoms with E-state index in [9.17, 15) is 43.2 Å². The van der Waals surface area contributed by atoms with Gasteiger partial charge in [0.1, 0.15) is 19.3 Å². The third-order valence-corrected chi connectivity index (χ3v) is 18.1. The molecule has 0 spiro atoms. The summed E-state index contributed by atoms with van der Waals surface area (Å²) in [6.07, 6.45) is 47.7. The van der Waals surface area contributed by atoms with Crippen molar-refractivity contribution in [3.8, 4) is 0 Å². The predicted octanol–water partition coefficient (Wildman–Crippen LogP) is 20.0. The van der Waals surface area contributed by atoms with E-state index in [0.29, 0.717) is 31.6 Å². The molecule has 19 heteroatoms. The van der Waals surface area contributed by atoms with Crippen LogP contribution in [-0.4, -0.2) is 96.7 Å². The van der Waals surface area contributed by atoms with Gasteiger partial charge in [-0.1, -0.05) is 305 Å². The van der Waals surface area contributed by atoms with Crippen molar-refractivity contribution in [1.29, 1.82) is 0 Å². The molecule has 0 aromatic rings. The second kappa shape index (κ2) is 62.2. The number of hydrogen-bond acceptors (Lipinski definition) is 15. The molecule has 0 aromatic heterocycles. The van der Waals surface area contributed by atoms with Gasteiger partial charge in [0.2, 0.25) is 0 Å². The molecule has 17 nitrogen and oxygen atoms in total. The van der Waals surface area contributed by atoms with Gasteiger partial charge in [0, 0.05) is 25.7 Å². The smallest absolute Gasteiger partial charge is 0.462 e. The van der Waals surface area contributed by atoms with Crippen molar-refractivity contribution >= 4 is 39.5 Å². The van der Waals surface area contributed by atoms with E-state index in [0.717, 1.165) is 109 Å². The van der Waals surface area contributed by atoms with Gasteiger partial charge in [-0.3, -0.25) is 37.3 Å². The highest BCUT2D eigenvalue weighted by Crippen LogP contribution is 2.45. The second-order valence-corrected chi connectivity index (χ2v) is 29.1. The van der Waals surface area contributed by atoms with E-state index >= 15 is 0 Å². The van der Waals surface area contributed by atoms with Crippen LogP contribution >= 0.6 is 15.6 Å². The van der Waals surface area contributed by atoms with Crippen molar-refractivity contribution < 1.29 is 80.2 Å². The number of esters is 4. The Kier molecular flexibility index (Phi) is 60.8. The Bertz CT molecular complexity index is 1730. The number of unbranched alkanes of at least 4 members (excludes halogenated alkanes) is 39. The van der Waals surface area contributed by atoms with E-state index in [1.54, 1.807) is 0 Å². The minimum Gasteiger partial charge on any atom is -0.462 e. The highest BCUT2D eigenvalue weighted by atomic mass is 31.2. The Morgan fingerprint density at radius 1 is 0.303 bits per heavy atom. The lowest BCUT2D eigenvalue weighted by Crippen LogP contribution is -2.30. The molecule has 0 amide bonds. The van der Waals surface area contributed by atoms with Gasteiger partial charge >= 0.3 is 39.5 Å². The first kappa shape index (κ1) is 87.1. The average Bonchev–Trinajstić information content (AvgIpc) is 3.56. The first-order valence-corrected chi connectivity index (χ1v) is 39.5. The van der Waals surface area contributed by atoms with Crippen LogP contribution in [0.1, 0.15) is 356 Å². The van der Waals surface area contributed by atoms with E-state index in [4.69, 9.17) is 37.0 Å². The van der Waals surface area contributed by atoms with Crippen molar-refractivity contribution in [2.75, 3.05) is 39.6 Å². The van der Waals surface area contributed by atoms with E-state index in [1.807, 2.05) is 0 Å². The largest absolute Gasteiger partial charge is 0.472 e. The van der Waals surface area contributed by atoms with E-state index in [1.165, 1.54) is 161 Å². The van der Waals surface area contributed by atoms with Gasteiger partial charge in [-0.05, 0) is 37.5 Å². The van der Waals surface area contributed by atoms with E-state index < -0.39 is 97.5 Å². The minimum absolute atomic E-state index is 0.102. The van der Waals surface area contributed by atoms with Crippen LogP contribution in [0, 0.1) is 11.8 Å². The van der Waals surface area contributed by atoms with Crippen LogP contribution < -0.4 is 0 Å². The van der Waals surface area contributed by atoms with E-state index in [2.05, 4.69) is 41.5 Å². The number of rotatable bonds is 69. The summed E-state index contributed by atoms with van der Waals surface area (Å²) >= 11 is 0. The lowest BCUT2D eigenvalue weighted by molar-refractivity contribution is -0.161. The van der Waals surface area contributed by atoms with Crippen LogP contribution in [0.5, 0.6) is 0 Å². The molecule has 2 unspecified atom stereocenters. The number of carbonyl (C=O) groups excluding carboxylic acids is 4. The molecule has 0 aromatic carbocycles. The zero-order valence-corrected chi connectivity index (χ0v) is 59.5. The fourth-order valence-electron chi connectivity index (χ4n) is 10.6. The van der Waals surface area contributed by atoms with Crippen LogP contribution in [0.3, 0.4) is 0 Å². The fourth-order valence-corrected chi connectivity index (χ4v) is 12.2. The fraction of sp³-hybridized carbons (Fsp3) is 0.943. The first-order chi connectivity index (χ1) is 42.9. The number of carbonyl (C=O) groups is 4. The van der Waals surface area contributed by atoms with Gasteiger partial charge in [0.05, 0.1) is 26.4 Å². The Labute approximate surface area is 543 Å². The lowest BCUT2D eigenvalue weighted by Gasteiger charge is -2.21. The number of phosphoric acid groups is 2. The zero-order valence-electron chi connectivity index (χ0n) is 57.7. The summed E-state index contributed by atoms with van der Waals surface area (Å²) in [6, 6.07) is 0. The van der Waals surface area contributed by atoms with Gasteiger partial charge < -0.3 is 33.8 Å². The van der Waals surface area contributed by atoms with Crippen molar-refractivity contribution in [1.82, 2.24) is 0 Å². The number of ether oxygens (including phenoxy) is 4. The molecule has 3 N–H and O–H groups in total. The highest BCUT2D eigenvalue weighted by Gasteiger charge is 2.30. The number of phosphoric ester groups is 2. The van der Waals surface area contributed by atoms with E-state index in [-0.39, 0.29) is 25.7 Å². The normalized spacial score (nSPS) is 14.1. The quantitative estimate of drug-likeness (QED) is 0.0222. The summed E-state index contributed by atoms with van der Waals surface area (Å²) in [5.41, 5.74) is 0. The third kappa shape index (κ3) is 64.6. The van der Waals surface area contributed by atoms with Crippen molar-refractivity contribution in [2.45, 2.75) is 374 Å². The first-order valence-electron chi connectivity index (χ1n) is 36.5. The topological polar surface area (TPSA) is 237 Å². The van der Waals surface area contributed by atoms with Crippen LogP contribution in [0.2, 0.25) is 0 Å². The Hall–Kier alpha value is -1.94. The summed E-state index contributed by atoms with van der Waals surface area (Å²) < 4.78 is 68.1. The van der Waals surface area contributed by atoms with Crippen molar-refractivity contribution in [3.63, 3.8) is 0 Å². The molecule has 0 saturated heterocycles. The molecule has 0 aliphatic rings. The standard InChI is InChI=1S/C70H136O17P2/c1-7-9-11-13-15-16-17-18-19-20-21-22-23-24-25-26-31-35-42-48-54-69(74)86-65(59-81-68(73)53-47-41-34-30-28-27-29-33-38-44-50-62(3)4)60-84-88(76,77)82-56-64(71)57-83-89(78,79)85-61-66(58-80-67(72)52-46-40-32-14-12-10-8-2)87-70(75)55-49-43-37-36-39-45-51-63(5)6/h62-66,71H,7-61H2,1-6H3,(H,76,77)(H,78,79)/t64-,65-,66-/m1/s1. The molecule has 0 bridgehead atoms. The molecule has 0 fully saturated rings. The van der Waals surface area contributed by atoms with Gasteiger partial charge in [0.25, 0.3) is 0 Å². The molecule has 528 valence electrons. The third-order valence-electron chi connectivity index (χ3n) is 16.2. The average molecular weight is 1310 g/mol. The molecule has 0 aliphatic heterocycles. The summed E-state index contributed by atoms with van der Waals surface area (Å²) in [6.45, 7) is 9.40. The number of hydrogen-bond donors (Lipinski definition) is 3. The maximum absolute atomic E-state index is 13.0. The Morgan fingerprint density at radius 3 is 0.764 bits per heavy atom. The SMILES string of the molecule is CCCCCCCCCCCCCCCCCCCCCCC(=O)O[C@H](COC(=O)CCCCCCCCCCCCC(C)C)COP(=O)(O)OC[C@@H](O)COP(=O)(O)OC[C@@H](COC(=O)CCCCCCCCC)OC(=O)CCCCCCCCC(C)C. The molecular formula is C70H136O17P2. The molecular weight excluding hydrogens is 1170 g/mol. The maximum atomic E-state index is 13.0. The molecule has 0 saturated carbocycles. The molecule has 5 atom stereocenters. The van der Waals surface area contributed by atoms with Crippen LogP contribution in [0.4, 0.5) is 0 Å². The Balaban J connectivity index is 5.15. The van der Waals surface area contributed by atoms with Crippen LogP contribution in [0.25, 0.3) is 0 Å². The van der Waals surface area contributed by atoms with Crippen LogP contribution in [0.15, 0.2) is 0 Å². The van der Waals surface area contributed by atoms with Gasteiger partial charge in [0.15, 0.2) is 12.2 Å². The molecule has 0 rings (SSSR count). The molecule has 0 aliphatic carbocycles. The molecule has 0 radical (unpaired) electrons. The zero-order chi connectivity index (χ0) is 65.7. The number of aliphatic hydroxyl groups excluding tert-OH is 1. The summed E-state index contributed by atoms with van der Waals surface area (Å²) in [5.74, 6) is -0.706. The van der Waals surface area contributed by atoms with Crippen LogP contribution in [-0.2, 0) is 65.4 Å². The second-order valence-electron chi connectivity index (χ2n) is 26.2. The number of aliphatic hydroxyl groups is 1. The highest BCUT2D eigenvalue weighted by molar-refractivity contribution is 7.47. The summed E-state index contributed by atoms with van der Waals surface area (Å²) in [4.78, 5) is 72.3. The minimum atomic E-state index is -4.95. The van der Waals surface area contributed by atoms with Gasteiger partial charge in [-0.2, -0.15) is 0 Å². The summed E-state index contributed by atoms with van der Waals surface area (Å²) in [7, 11) is -9.89. The van der Waals surface area contributed by atoms with Gasteiger partial charge in [-0.15, -0.1) is 0 Å². The summed E-state index contributed by atoms with van der Waals surface area (Å²) in [5, 5.41) is 10.6. The monoisotopic (exact) mass is 1310 g/mol. The van der Waals surface area contributed by atoms with Gasteiger partial charge in [-0.25, -0.2) is 9.13 Å². The molecule has 0 heterocycles. The maximum Gasteiger partial charge on any atom is 0.472 e. The Morgan fingerprint density at radius 2 is 0.517 bits per heavy atom. The predicted molar refractivity (Wildman–Crippen MR) is 358 cm³/mol.